The van der Waals surface area contributed by atoms with Crippen LogP contribution in [-0.4, -0.2) is 33.8 Å². The third-order valence-corrected chi connectivity index (χ3v) is 3.18. The van der Waals surface area contributed by atoms with Crippen molar-refractivity contribution in [2.24, 2.45) is 0 Å². The highest BCUT2D eigenvalue weighted by Crippen LogP contribution is 2.28. The number of hydrogen-bond acceptors (Lipinski definition) is 5. The number of aromatic nitrogens is 2. The third kappa shape index (κ3) is 2.72. The van der Waals surface area contributed by atoms with Crippen molar-refractivity contribution >= 4 is 11.6 Å². The van der Waals surface area contributed by atoms with E-state index < -0.39 is 5.60 Å². The summed E-state index contributed by atoms with van der Waals surface area (Å²) in [7, 11) is 0. The Labute approximate surface area is 108 Å². The Hall–Kier alpha value is -1.36. The first-order chi connectivity index (χ1) is 8.17. The first kappa shape index (κ1) is 13.1. The van der Waals surface area contributed by atoms with Crippen molar-refractivity contribution in [3.63, 3.8) is 0 Å². The highest BCUT2D eigenvalue weighted by atomic mass is 16.3. The summed E-state index contributed by atoms with van der Waals surface area (Å²) in [6, 6.07) is 1.77. The van der Waals surface area contributed by atoms with Crippen LogP contribution in [0.25, 0.3) is 0 Å². The predicted octanol–water partition coefficient (Wildman–Crippen LogP) is 1.32. The van der Waals surface area contributed by atoms with E-state index in [1.165, 1.54) is 0 Å². The van der Waals surface area contributed by atoms with Crippen LogP contribution >= 0.6 is 0 Å². The monoisotopic (exact) mass is 250 g/mol. The Morgan fingerprint density at radius 2 is 2.06 bits per heavy atom. The molecule has 0 aliphatic carbocycles. The van der Waals surface area contributed by atoms with Crippen LogP contribution in [0, 0.1) is 0 Å². The molecule has 1 atom stereocenters. The minimum Gasteiger partial charge on any atom is -0.388 e. The molecule has 2 rings (SSSR count). The number of β-amino-alcohol motifs (C(OH)–C–C–N with tert-alkyl or cyclic N) is 1. The zero-order chi connectivity index (χ0) is 13.6. The summed E-state index contributed by atoms with van der Waals surface area (Å²) in [5, 5.41) is 10.0. The number of aliphatic hydroxyl groups is 1. The fourth-order valence-electron chi connectivity index (χ4n) is 2.09. The van der Waals surface area contributed by atoms with E-state index in [2.05, 4.69) is 35.6 Å². The summed E-state index contributed by atoms with van der Waals surface area (Å²) in [6.45, 7) is 9.42. The number of hydrogen-bond donors (Lipinski definition) is 2. The normalized spacial score (nSPS) is 24.6. The molecule has 0 bridgehead atoms. The lowest BCUT2D eigenvalue weighted by Gasteiger charge is -2.23. The molecule has 1 aliphatic heterocycles. The molecule has 1 aromatic heterocycles. The Morgan fingerprint density at radius 3 is 2.56 bits per heavy atom. The van der Waals surface area contributed by atoms with Crippen molar-refractivity contribution < 1.29 is 5.11 Å². The fraction of sp³-hybridized carbons (Fsp3) is 0.692. The number of nitrogens with zero attached hydrogens (tertiary/aromatic N) is 3. The summed E-state index contributed by atoms with van der Waals surface area (Å²) in [6.07, 6.45) is 0.752. The van der Waals surface area contributed by atoms with Crippen molar-refractivity contribution in [3.8, 4) is 0 Å². The van der Waals surface area contributed by atoms with Gasteiger partial charge in [-0.1, -0.05) is 20.8 Å². The highest BCUT2D eigenvalue weighted by Gasteiger charge is 2.32. The molecule has 5 nitrogen and oxygen atoms in total. The maximum absolute atomic E-state index is 10.0. The van der Waals surface area contributed by atoms with Gasteiger partial charge in [0.05, 0.1) is 5.60 Å². The Morgan fingerprint density at radius 1 is 1.39 bits per heavy atom. The SMILES string of the molecule is CC1(O)CCN(c2cc(N)nc(C(C)(C)C)n2)C1. The van der Waals surface area contributed by atoms with Gasteiger partial charge >= 0.3 is 0 Å². The second kappa shape index (κ2) is 4.09. The molecule has 0 aromatic carbocycles. The summed E-state index contributed by atoms with van der Waals surface area (Å²) < 4.78 is 0. The topological polar surface area (TPSA) is 75.3 Å². The lowest BCUT2D eigenvalue weighted by Crippen LogP contribution is -2.30. The maximum atomic E-state index is 10.0. The van der Waals surface area contributed by atoms with E-state index in [1.54, 1.807) is 6.07 Å². The van der Waals surface area contributed by atoms with Crippen molar-refractivity contribution in [1.82, 2.24) is 9.97 Å². The lowest BCUT2D eigenvalue weighted by atomic mass is 9.96. The Bertz CT molecular complexity index is 451. The van der Waals surface area contributed by atoms with Gasteiger partial charge < -0.3 is 15.7 Å². The van der Waals surface area contributed by atoms with Gasteiger partial charge in [0.15, 0.2) is 0 Å². The molecule has 0 radical (unpaired) electrons. The van der Waals surface area contributed by atoms with Crippen LogP contribution in [0.4, 0.5) is 11.6 Å². The van der Waals surface area contributed by atoms with Crippen LogP contribution in [-0.2, 0) is 5.41 Å². The molecule has 18 heavy (non-hydrogen) atoms. The minimum atomic E-state index is -0.637. The number of nitrogen functional groups attached to an aromatic ring is 1. The number of nitrogens with two attached hydrogens (primary N) is 1. The standard InChI is InChI=1S/C13H22N4O/c1-12(2,3)11-15-9(14)7-10(16-11)17-6-5-13(4,18)8-17/h7,18H,5-6,8H2,1-4H3,(H2,14,15,16). The van der Waals surface area contributed by atoms with Crippen LogP contribution in [0.15, 0.2) is 6.07 Å². The van der Waals surface area contributed by atoms with E-state index in [0.717, 1.165) is 24.6 Å². The molecule has 1 unspecified atom stereocenters. The molecule has 100 valence electrons. The van der Waals surface area contributed by atoms with Crippen LogP contribution < -0.4 is 10.6 Å². The van der Waals surface area contributed by atoms with E-state index in [-0.39, 0.29) is 5.41 Å². The largest absolute Gasteiger partial charge is 0.388 e. The molecule has 0 saturated carbocycles. The van der Waals surface area contributed by atoms with Crippen LogP contribution in [0.2, 0.25) is 0 Å². The number of anilines is 2. The summed E-state index contributed by atoms with van der Waals surface area (Å²) in [5.74, 6) is 2.03. The highest BCUT2D eigenvalue weighted by molar-refractivity contribution is 5.48. The van der Waals surface area contributed by atoms with Crippen LogP contribution in [0.5, 0.6) is 0 Å². The molecular weight excluding hydrogens is 228 g/mol. The van der Waals surface area contributed by atoms with E-state index in [9.17, 15) is 5.11 Å². The predicted molar refractivity (Wildman–Crippen MR) is 72.6 cm³/mol. The summed E-state index contributed by atoms with van der Waals surface area (Å²) in [5.41, 5.74) is 5.08. The minimum absolute atomic E-state index is 0.133. The Kier molecular flexibility index (Phi) is 2.97. The van der Waals surface area contributed by atoms with Gasteiger partial charge in [-0.2, -0.15) is 0 Å². The van der Waals surface area contributed by atoms with Crippen LogP contribution in [0.1, 0.15) is 39.9 Å². The average molecular weight is 250 g/mol. The second-order valence-corrected chi connectivity index (χ2v) is 6.39. The quantitative estimate of drug-likeness (QED) is 0.786. The van der Waals surface area contributed by atoms with Gasteiger partial charge in [-0.25, -0.2) is 9.97 Å². The molecule has 2 heterocycles. The van der Waals surface area contributed by atoms with Gasteiger partial charge in [-0.05, 0) is 13.3 Å². The molecule has 1 fully saturated rings. The van der Waals surface area contributed by atoms with Gasteiger partial charge in [0, 0.05) is 24.6 Å². The van der Waals surface area contributed by atoms with E-state index in [4.69, 9.17) is 5.73 Å². The van der Waals surface area contributed by atoms with Gasteiger partial charge in [0.25, 0.3) is 0 Å². The molecule has 1 aliphatic rings. The first-order valence-electron chi connectivity index (χ1n) is 6.30. The number of rotatable bonds is 1. The van der Waals surface area contributed by atoms with Gasteiger partial charge in [-0.3, -0.25) is 0 Å². The van der Waals surface area contributed by atoms with Gasteiger partial charge in [0.2, 0.25) is 0 Å². The summed E-state index contributed by atoms with van der Waals surface area (Å²) in [4.78, 5) is 10.9. The molecular formula is C13H22N4O. The molecule has 0 spiro atoms. The van der Waals surface area contributed by atoms with E-state index in [0.29, 0.717) is 12.4 Å². The molecule has 5 heteroatoms. The van der Waals surface area contributed by atoms with Crippen LogP contribution in [0.3, 0.4) is 0 Å². The molecule has 1 saturated heterocycles. The Balaban J connectivity index is 2.32. The van der Waals surface area contributed by atoms with Gasteiger partial charge in [-0.15, -0.1) is 0 Å². The zero-order valence-electron chi connectivity index (χ0n) is 11.6. The maximum Gasteiger partial charge on any atom is 0.138 e. The first-order valence-corrected chi connectivity index (χ1v) is 6.30. The van der Waals surface area contributed by atoms with Crippen molar-refractivity contribution in [3.05, 3.63) is 11.9 Å². The van der Waals surface area contributed by atoms with Crippen molar-refractivity contribution in [1.29, 1.82) is 0 Å². The third-order valence-electron chi connectivity index (χ3n) is 3.18. The lowest BCUT2D eigenvalue weighted by molar-refractivity contribution is 0.0839. The molecule has 3 N–H and O–H groups in total. The fourth-order valence-corrected chi connectivity index (χ4v) is 2.09. The second-order valence-electron chi connectivity index (χ2n) is 6.39. The van der Waals surface area contributed by atoms with E-state index in [1.807, 2.05) is 6.92 Å². The van der Waals surface area contributed by atoms with Crippen molar-refractivity contribution in [2.45, 2.75) is 45.1 Å². The van der Waals surface area contributed by atoms with Gasteiger partial charge in [0.1, 0.15) is 17.5 Å². The summed E-state index contributed by atoms with van der Waals surface area (Å²) >= 11 is 0. The molecule has 0 amide bonds. The molecule has 1 aromatic rings. The smallest absolute Gasteiger partial charge is 0.138 e. The van der Waals surface area contributed by atoms with E-state index >= 15 is 0 Å². The average Bonchev–Trinajstić information content (AvgIpc) is 2.56. The van der Waals surface area contributed by atoms with Crippen molar-refractivity contribution in [2.75, 3.05) is 23.7 Å². The zero-order valence-corrected chi connectivity index (χ0v) is 11.6.